The molecule has 1 fully saturated rings. The van der Waals surface area contributed by atoms with Gasteiger partial charge < -0.3 is 20.5 Å². The summed E-state index contributed by atoms with van der Waals surface area (Å²) in [7, 11) is 0. The van der Waals surface area contributed by atoms with Crippen LogP contribution in [-0.4, -0.2) is 48.7 Å². The Hall–Kier alpha value is -1.59. The molecular formula is C21H30IN5O2S. The molecule has 0 atom stereocenters. The van der Waals surface area contributed by atoms with Crippen LogP contribution in [0.5, 0.6) is 11.5 Å². The number of rotatable bonds is 5. The van der Waals surface area contributed by atoms with E-state index in [2.05, 4.69) is 32.5 Å². The zero-order valence-corrected chi connectivity index (χ0v) is 20.4. The van der Waals surface area contributed by atoms with Crippen LogP contribution in [0.4, 0.5) is 5.69 Å². The number of fused-ring (bicyclic) bond motifs is 1. The SMILES string of the molecule is Cc1nc(CN2CCC(CN=C(N)Nc3ccc4c(c3)OCCCO4)CC2)cs1.I. The molecule has 2 aliphatic rings. The van der Waals surface area contributed by atoms with Crippen LogP contribution in [0, 0.1) is 12.8 Å². The third-order valence-electron chi connectivity index (χ3n) is 5.30. The number of anilines is 1. The molecule has 3 heterocycles. The summed E-state index contributed by atoms with van der Waals surface area (Å²) in [6.07, 6.45) is 3.18. The summed E-state index contributed by atoms with van der Waals surface area (Å²) in [6.45, 7) is 7.30. The molecule has 9 heteroatoms. The van der Waals surface area contributed by atoms with E-state index in [0.717, 1.165) is 67.6 Å². The van der Waals surface area contributed by atoms with Gasteiger partial charge in [-0.25, -0.2) is 4.98 Å². The normalized spacial score (nSPS) is 17.8. The number of ether oxygens (including phenoxy) is 2. The molecule has 0 amide bonds. The maximum absolute atomic E-state index is 6.11. The Morgan fingerprint density at radius 1 is 1.27 bits per heavy atom. The van der Waals surface area contributed by atoms with E-state index in [1.165, 1.54) is 5.69 Å². The lowest BCUT2D eigenvalue weighted by atomic mass is 9.97. The number of guanidine groups is 1. The highest BCUT2D eigenvalue weighted by Gasteiger charge is 2.20. The van der Waals surface area contributed by atoms with E-state index in [4.69, 9.17) is 15.2 Å². The molecule has 1 saturated heterocycles. The number of hydrogen-bond acceptors (Lipinski definition) is 6. The zero-order valence-electron chi connectivity index (χ0n) is 17.3. The number of thiazole rings is 1. The van der Waals surface area contributed by atoms with E-state index < -0.39 is 0 Å². The summed E-state index contributed by atoms with van der Waals surface area (Å²) in [5.41, 5.74) is 8.16. The number of nitrogens with one attached hydrogen (secondary N) is 1. The van der Waals surface area contributed by atoms with E-state index in [-0.39, 0.29) is 24.0 Å². The highest BCUT2D eigenvalue weighted by Crippen LogP contribution is 2.32. The van der Waals surface area contributed by atoms with Gasteiger partial charge in [-0.1, -0.05) is 0 Å². The van der Waals surface area contributed by atoms with Crippen molar-refractivity contribution < 1.29 is 9.47 Å². The summed E-state index contributed by atoms with van der Waals surface area (Å²) in [5, 5.41) is 6.47. The molecule has 0 unspecified atom stereocenters. The average Bonchev–Trinajstić information content (AvgIpc) is 2.98. The minimum absolute atomic E-state index is 0. The van der Waals surface area contributed by atoms with Gasteiger partial charge in [0.1, 0.15) is 0 Å². The fourth-order valence-electron chi connectivity index (χ4n) is 3.69. The summed E-state index contributed by atoms with van der Waals surface area (Å²) < 4.78 is 11.4. The van der Waals surface area contributed by atoms with E-state index in [1.807, 2.05) is 18.2 Å². The molecule has 0 bridgehead atoms. The third kappa shape index (κ3) is 6.45. The lowest BCUT2D eigenvalue weighted by Crippen LogP contribution is -2.34. The maximum Gasteiger partial charge on any atom is 0.193 e. The number of aromatic nitrogens is 1. The Morgan fingerprint density at radius 3 is 2.77 bits per heavy atom. The van der Waals surface area contributed by atoms with Gasteiger partial charge in [0.15, 0.2) is 17.5 Å². The monoisotopic (exact) mass is 543 g/mol. The first kappa shape index (κ1) is 23.1. The zero-order chi connectivity index (χ0) is 20.1. The van der Waals surface area contributed by atoms with Crippen molar-refractivity contribution in [1.29, 1.82) is 0 Å². The Balaban J connectivity index is 0.00000256. The smallest absolute Gasteiger partial charge is 0.193 e. The topological polar surface area (TPSA) is 85.0 Å². The summed E-state index contributed by atoms with van der Waals surface area (Å²) in [5.74, 6) is 2.55. The lowest BCUT2D eigenvalue weighted by Gasteiger charge is -2.30. The second kappa shape index (κ2) is 11.1. The van der Waals surface area contributed by atoms with Gasteiger partial charge in [-0.2, -0.15) is 0 Å². The van der Waals surface area contributed by atoms with Crippen molar-refractivity contribution in [2.24, 2.45) is 16.6 Å². The summed E-state index contributed by atoms with van der Waals surface area (Å²) in [6, 6.07) is 5.77. The Kier molecular flexibility index (Phi) is 8.58. The number of piperidine rings is 1. The predicted molar refractivity (Wildman–Crippen MR) is 132 cm³/mol. The molecule has 4 rings (SSSR count). The van der Waals surface area contributed by atoms with Crippen molar-refractivity contribution in [3.8, 4) is 11.5 Å². The molecular weight excluding hydrogens is 513 g/mol. The van der Waals surface area contributed by atoms with Gasteiger partial charge in [0.25, 0.3) is 0 Å². The molecule has 3 N–H and O–H groups in total. The first-order valence-corrected chi connectivity index (χ1v) is 11.1. The van der Waals surface area contributed by atoms with Crippen molar-refractivity contribution in [3.63, 3.8) is 0 Å². The van der Waals surface area contributed by atoms with E-state index in [9.17, 15) is 0 Å². The van der Waals surface area contributed by atoms with Gasteiger partial charge in [-0.15, -0.1) is 35.3 Å². The van der Waals surface area contributed by atoms with E-state index >= 15 is 0 Å². The summed E-state index contributed by atoms with van der Waals surface area (Å²) in [4.78, 5) is 11.6. The molecule has 1 aromatic carbocycles. The van der Waals surface area contributed by atoms with Crippen molar-refractivity contribution in [2.75, 3.05) is 38.2 Å². The van der Waals surface area contributed by atoms with Gasteiger partial charge in [-0.05, 0) is 50.9 Å². The molecule has 0 aliphatic carbocycles. The van der Waals surface area contributed by atoms with Crippen LogP contribution < -0.4 is 20.5 Å². The molecule has 0 saturated carbocycles. The lowest BCUT2D eigenvalue weighted by molar-refractivity contribution is 0.179. The Bertz CT molecular complexity index is 852. The van der Waals surface area contributed by atoms with Crippen molar-refractivity contribution in [3.05, 3.63) is 34.3 Å². The highest BCUT2D eigenvalue weighted by atomic mass is 127. The number of nitrogens with zero attached hydrogens (tertiary/aromatic N) is 3. The van der Waals surface area contributed by atoms with E-state index in [0.29, 0.717) is 25.1 Å². The van der Waals surface area contributed by atoms with Gasteiger partial charge >= 0.3 is 0 Å². The summed E-state index contributed by atoms with van der Waals surface area (Å²) >= 11 is 1.72. The number of hydrogen-bond donors (Lipinski definition) is 2. The molecule has 0 spiro atoms. The number of aryl methyl sites for hydroxylation is 1. The first-order valence-electron chi connectivity index (χ1n) is 10.3. The van der Waals surface area contributed by atoms with Crippen molar-refractivity contribution in [2.45, 2.75) is 32.7 Å². The van der Waals surface area contributed by atoms with Crippen LogP contribution in [0.15, 0.2) is 28.6 Å². The van der Waals surface area contributed by atoms with Gasteiger partial charge in [0.2, 0.25) is 0 Å². The van der Waals surface area contributed by atoms with Crippen LogP contribution >= 0.6 is 35.3 Å². The fraction of sp³-hybridized carbons (Fsp3) is 0.524. The van der Waals surface area contributed by atoms with E-state index in [1.54, 1.807) is 11.3 Å². The van der Waals surface area contributed by atoms with Crippen LogP contribution in [0.3, 0.4) is 0 Å². The van der Waals surface area contributed by atoms with Crippen LogP contribution in [0.2, 0.25) is 0 Å². The van der Waals surface area contributed by atoms with Gasteiger partial charge in [0.05, 0.1) is 23.9 Å². The second-order valence-electron chi connectivity index (χ2n) is 7.64. The predicted octanol–water partition coefficient (Wildman–Crippen LogP) is 3.87. The van der Waals surface area contributed by atoms with Crippen molar-refractivity contribution in [1.82, 2.24) is 9.88 Å². The Labute approximate surface area is 199 Å². The maximum atomic E-state index is 6.11. The number of benzene rings is 1. The number of halogens is 1. The van der Waals surface area contributed by atoms with Gasteiger partial charge in [0, 0.05) is 36.6 Å². The molecule has 1 aromatic heterocycles. The quantitative estimate of drug-likeness (QED) is 0.339. The number of nitrogens with two attached hydrogens (primary N) is 1. The van der Waals surface area contributed by atoms with Crippen LogP contribution in [0.25, 0.3) is 0 Å². The molecule has 2 aliphatic heterocycles. The molecule has 0 radical (unpaired) electrons. The number of aliphatic imine (C=N–C) groups is 1. The first-order chi connectivity index (χ1) is 14.2. The largest absolute Gasteiger partial charge is 0.490 e. The molecule has 2 aromatic rings. The Morgan fingerprint density at radius 2 is 2.03 bits per heavy atom. The van der Waals surface area contributed by atoms with Crippen LogP contribution in [0.1, 0.15) is 30.0 Å². The molecule has 30 heavy (non-hydrogen) atoms. The standard InChI is InChI=1S/C21H29N5O2S.HI/c1-15-24-18(14-29-15)13-26-7-5-16(6-8-26)12-23-21(22)25-17-3-4-19-20(11-17)28-10-2-9-27-19;/h3-4,11,14,16H,2,5-10,12-13H2,1H3,(H3,22,23,25);1H. The second-order valence-corrected chi connectivity index (χ2v) is 8.70. The fourth-order valence-corrected chi connectivity index (χ4v) is 4.30. The van der Waals surface area contributed by atoms with Crippen LogP contribution in [-0.2, 0) is 6.54 Å². The number of likely N-dealkylation sites (tertiary alicyclic amines) is 1. The third-order valence-corrected chi connectivity index (χ3v) is 6.12. The highest BCUT2D eigenvalue weighted by molar-refractivity contribution is 14.0. The van der Waals surface area contributed by atoms with Crippen molar-refractivity contribution >= 4 is 47.0 Å². The molecule has 7 nitrogen and oxygen atoms in total. The molecule has 164 valence electrons. The minimum Gasteiger partial charge on any atom is -0.490 e. The van der Waals surface area contributed by atoms with Gasteiger partial charge in [-0.3, -0.25) is 9.89 Å². The minimum atomic E-state index is 0. The average molecular weight is 543 g/mol.